The molecule has 1 aliphatic carbocycles. The van der Waals surface area contributed by atoms with Gasteiger partial charge in [-0.05, 0) is 88.6 Å². The molecule has 2 aromatic rings. The van der Waals surface area contributed by atoms with Crippen molar-refractivity contribution in [1.29, 1.82) is 0 Å². The Morgan fingerprint density at radius 2 is 1.56 bits per heavy atom. The van der Waals surface area contributed by atoms with Gasteiger partial charge in [-0.25, -0.2) is 8.42 Å². The number of anilines is 1. The molecule has 1 atom stereocenters. The summed E-state index contributed by atoms with van der Waals surface area (Å²) < 4.78 is 37.8. The van der Waals surface area contributed by atoms with Crippen LogP contribution < -0.4 is 4.31 Å². The zero-order valence-corrected chi connectivity index (χ0v) is 26.2. The van der Waals surface area contributed by atoms with Gasteiger partial charge in [-0.15, -0.1) is 0 Å². The molecule has 4 nitrogen and oxygen atoms in total. The highest BCUT2D eigenvalue weighted by Crippen LogP contribution is 2.44. The van der Waals surface area contributed by atoms with Crippen LogP contribution in [0.25, 0.3) is 0 Å². The number of nitrogens with zero attached hydrogens (tertiary/aromatic N) is 1. The Morgan fingerprint density at radius 1 is 0.972 bits per heavy atom. The van der Waals surface area contributed by atoms with Crippen LogP contribution in [0.5, 0.6) is 0 Å². The number of benzene rings is 2. The van der Waals surface area contributed by atoms with Crippen LogP contribution in [-0.4, -0.2) is 29.4 Å². The highest BCUT2D eigenvalue weighted by molar-refractivity contribution is 9.10. The van der Waals surface area contributed by atoms with E-state index in [2.05, 4.69) is 63.5 Å². The van der Waals surface area contributed by atoms with Gasteiger partial charge in [0.05, 0.1) is 23.2 Å². The average molecular weight is 593 g/mol. The van der Waals surface area contributed by atoms with E-state index in [-0.39, 0.29) is 6.04 Å². The van der Waals surface area contributed by atoms with E-state index in [1.165, 1.54) is 0 Å². The van der Waals surface area contributed by atoms with Gasteiger partial charge in [0.1, 0.15) is 0 Å². The molecule has 3 rings (SSSR count). The maximum Gasteiger partial charge on any atom is 0.264 e. The van der Waals surface area contributed by atoms with Gasteiger partial charge in [0.2, 0.25) is 8.32 Å². The van der Waals surface area contributed by atoms with E-state index in [4.69, 9.17) is 4.43 Å². The molecular formula is C29H42BrNO3SSi. The van der Waals surface area contributed by atoms with Crippen molar-refractivity contribution in [3.05, 3.63) is 70.2 Å². The molecule has 0 fully saturated rings. The first kappa shape index (κ1) is 29.1. The Kier molecular flexibility index (Phi) is 9.69. The van der Waals surface area contributed by atoms with Crippen LogP contribution in [0.1, 0.15) is 66.4 Å². The number of para-hydroxylation sites is 1. The summed E-state index contributed by atoms with van der Waals surface area (Å²) >= 11 is 3.64. The highest BCUT2D eigenvalue weighted by atomic mass is 79.9. The minimum absolute atomic E-state index is 0.290. The summed E-state index contributed by atoms with van der Waals surface area (Å²) in [6, 6.07) is 14.5. The van der Waals surface area contributed by atoms with E-state index in [0.29, 0.717) is 33.8 Å². The number of halogens is 1. The first-order valence-corrected chi connectivity index (χ1v) is 17.5. The SMILES string of the molecule is Cc1ccc(S(=O)(=O)N(c2ccccc2Br)C2CCCC=C2CO[Si](C(C)C)(C(C)C)C(C)C)cc1. The van der Waals surface area contributed by atoms with Crippen molar-refractivity contribution >= 4 is 40.0 Å². The van der Waals surface area contributed by atoms with Crippen molar-refractivity contribution in [2.75, 3.05) is 10.9 Å². The van der Waals surface area contributed by atoms with Crippen LogP contribution in [0, 0.1) is 6.92 Å². The third-order valence-electron chi connectivity index (χ3n) is 7.66. The maximum absolute atomic E-state index is 14.2. The minimum Gasteiger partial charge on any atom is -0.412 e. The standard InChI is InChI=1S/C29H42BrNO3SSi/c1-21(2)36(22(3)4,23(5)6)34-20-25-12-8-10-14-28(25)31(29-15-11-9-13-27(29)30)35(32,33)26-18-16-24(7)17-19-26/h9,11-13,15-19,21-23,28H,8,10,14,20H2,1-7H3. The van der Waals surface area contributed by atoms with Crippen molar-refractivity contribution < 1.29 is 12.8 Å². The Morgan fingerprint density at radius 3 is 2.11 bits per heavy atom. The molecule has 0 saturated heterocycles. The summed E-state index contributed by atoms with van der Waals surface area (Å²) in [5.74, 6) is 0. The van der Waals surface area contributed by atoms with Gasteiger partial charge in [0.25, 0.3) is 10.0 Å². The number of rotatable bonds is 10. The van der Waals surface area contributed by atoms with Gasteiger partial charge in [-0.2, -0.15) is 0 Å². The molecule has 0 bridgehead atoms. The lowest BCUT2D eigenvalue weighted by molar-refractivity contribution is 0.296. The molecule has 198 valence electrons. The first-order chi connectivity index (χ1) is 16.9. The molecule has 2 aromatic carbocycles. The van der Waals surface area contributed by atoms with Crippen LogP contribution in [-0.2, 0) is 14.4 Å². The largest absolute Gasteiger partial charge is 0.412 e. The third-order valence-corrected chi connectivity index (χ3v) is 16.2. The topological polar surface area (TPSA) is 46.6 Å². The normalized spacial score (nSPS) is 17.1. The van der Waals surface area contributed by atoms with E-state index < -0.39 is 18.3 Å². The van der Waals surface area contributed by atoms with Crippen LogP contribution in [0.3, 0.4) is 0 Å². The molecular weight excluding hydrogens is 550 g/mol. The summed E-state index contributed by atoms with van der Waals surface area (Å²) in [6.07, 6.45) is 4.88. The first-order valence-electron chi connectivity index (χ1n) is 13.1. The van der Waals surface area contributed by atoms with E-state index >= 15 is 0 Å². The van der Waals surface area contributed by atoms with E-state index in [1.807, 2.05) is 43.3 Å². The van der Waals surface area contributed by atoms with Crippen molar-refractivity contribution in [2.24, 2.45) is 0 Å². The summed E-state index contributed by atoms with van der Waals surface area (Å²) in [5, 5.41) is 0. The summed E-state index contributed by atoms with van der Waals surface area (Å²) in [7, 11) is -5.91. The molecule has 0 radical (unpaired) electrons. The van der Waals surface area contributed by atoms with Gasteiger partial charge in [0, 0.05) is 4.47 Å². The van der Waals surface area contributed by atoms with Gasteiger partial charge in [0.15, 0.2) is 0 Å². The van der Waals surface area contributed by atoms with Crippen molar-refractivity contribution in [3.8, 4) is 0 Å². The van der Waals surface area contributed by atoms with Crippen molar-refractivity contribution in [1.82, 2.24) is 0 Å². The second-order valence-electron chi connectivity index (χ2n) is 10.9. The smallest absolute Gasteiger partial charge is 0.264 e. The summed E-state index contributed by atoms with van der Waals surface area (Å²) in [5.41, 5.74) is 4.18. The Bertz CT molecular complexity index is 1140. The lowest BCUT2D eigenvalue weighted by Crippen LogP contribution is -2.50. The quantitative estimate of drug-likeness (QED) is 0.205. The summed E-state index contributed by atoms with van der Waals surface area (Å²) in [4.78, 5) is 0.310. The third kappa shape index (κ3) is 5.84. The predicted octanol–water partition coefficient (Wildman–Crippen LogP) is 8.62. The van der Waals surface area contributed by atoms with E-state index in [1.54, 1.807) is 16.4 Å². The zero-order chi connectivity index (χ0) is 26.7. The molecule has 0 saturated carbocycles. The van der Waals surface area contributed by atoms with Crippen LogP contribution in [0.15, 0.2) is 69.5 Å². The van der Waals surface area contributed by atoms with Gasteiger partial charge >= 0.3 is 0 Å². The van der Waals surface area contributed by atoms with Gasteiger partial charge in [-0.3, -0.25) is 4.31 Å². The van der Waals surface area contributed by atoms with Gasteiger partial charge < -0.3 is 4.43 Å². The van der Waals surface area contributed by atoms with Crippen LogP contribution >= 0.6 is 15.9 Å². The minimum atomic E-state index is -3.81. The molecule has 7 heteroatoms. The molecule has 1 unspecified atom stereocenters. The Hall–Kier alpha value is -1.41. The predicted molar refractivity (Wildman–Crippen MR) is 158 cm³/mol. The zero-order valence-electron chi connectivity index (χ0n) is 22.8. The molecule has 36 heavy (non-hydrogen) atoms. The van der Waals surface area contributed by atoms with Crippen molar-refractivity contribution in [3.63, 3.8) is 0 Å². The lowest BCUT2D eigenvalue weighted by atomic mass is 9.94. The Labute approximate surface area is 228 Å². The molecule has 0 aliphatic heterocycles. The number of sulfonamides is 1. The van der Waals surface area contributed by atoms with E-state index in [0.717, 1.165) is 34.9 Å². The number of allylic oxidation sites excluding steroid dienone is 1. The molecule has 0 amide bonds. The van der Waals surface area contributed by atoms with E-state index in [9.17, 15) is 8.42 Å². The fraction of sp³-hybridized carbons (Fsp3) is 0.517. The van der Waals surface area contributed by atoms with Crippen LogP contribution in [0.2, 0.25) is 16.6 Å². The fourth-order valence-electron chi connectivity index (χ4n) is 5.97. The Balaban J connectivity index is 2.08. The van der Waals surface area contributed by atoms with Crippen LogP contribution in [0.4, 0.5) is 5.69 Å². The number of hydrogen-bond acceptors (Lipinski definition) is 3. The lowest BCUT2D eigenvalue weighted by Gasteiger charge is -2.44. The molecule has 0 heterocycles. The summed E-state index contributed by atoms with van der Waals surface area (Å²) in [6.45, 7) is 16.2. The molecule has 0 spiro atoms. The van der Waals surface area contributed by atoms with Gasteiger partial charge in [-0.1, -0.05) is 77.4 Å². The molecule has 0 aromatic heterocycles. The highest BCUT2D eigenvalue weighted by Gasteiger charge is 2.46. The number of hydrogen-bond donors (Lipinski definition) is 0. The van der Waals surface area contributed by atoms with Crippen molar-refractivity contribution in [2.45, 2.75) is 95.3 Å². The fourth-order valence-corrected chi connectivity index (χ4v) is 13.7. The monoisotopic (exact) mass is 591 g/mol. The molecule has 1 aliphatic rings. The number of aryl methyl sites for hydroxylation is 1. The molecule has 0 N–H and O–H groups in total. The maximum atomic E-state index is 14.2. The second kappa shape index (κ2) is 12.0. The second-order valence-corrected chi connectivity index (χ2v) is 19.0. The average Bonchev–Trinajstić information content (AvgIpc) is 2.81.